The van der Waals surface area contributed by atoms with Gasteiger partial charge >= 0.3 is 0 Å². The molecular formula is C12H18N2OS. The molecule has 0 aliphatic heterocycles. The quantitative estimate of drug-likeness (QED) is 0.794. The molecule has 0 bridgehead atoms. The number of hydrogen-bond donors (Lipinski definition) is 0. The number of anilines is 1. The lowest BCUT2D eigenvalue weighted by molar-refractivity contribution is -0.120. The fraction of sp³-hybridized carbons (Fsp3) is 0.667. The second-order valence-electron chi connectivity index (χ2n) is 4.52. The van der Waals surface area contributed by atoms with E-state index in [1.54, 1.807) is 11.3 Å². The molecule has 0 N–H and O–H groups in total. The highest BCUT2D eigenvalue weighted by molar-refractivity contribution is 7.15. The van der Waals surface area contributed by atoms with Crippen LogP contribution in [0.1, 0.15) is 36.3 Å². The van der Waals surface area contributed by atoms with Gasteiger partial charge in [-0.25, -0.2) is 4.98 Å². The predicted molar refractivity (Wildman–Crippen MR) is 67.3 cm³/mol. The maximum Gasteiger partial charge on any atom is 0.185 e. The van der Waals surface area contributed by atoms with Gasteiger partial charge in [0.2, 0.25) is 0 Å². The Morgan fingerprint density at radius 1 is 1.31 bits per heavy atom. The summed E-state index contributed by atoms with van der Waals surface area (Å²) in [7, 11) is 2.10. The molecule has 1 saturated carbocycles. The van der Waals surface area contributed by atoms with E-state index < -0.39 is 0 Å². The molecular weight excluding hydrogens is 220 g/mol. The molecule has 1 aliphatic rings. The van der Waals surface area contributed by atoms with Crippen LogP contribution in [0.25, 0.3) is 0 Å². The van der Waals surface area contributed by atoms with Crippen molar-refractivity contribution in [2.75, 3.05) is 11.9 Å². The summed E-state index contributed by atoms with van der Waals surface area (Å²) in [5.41, 5.74) is 1.12. The molecule has 0 aromatic carbocycles. The molecule has 0 radical (unpaired) electrons. The van der Waals surface area contributed by atoms with Crippen LogP contribution in [-0.4, -0.2) is 23.9 Å². The van der Waals surface area contributed by atoms with Crippen LogP contribution in [-0.2, 0) is 4.79 Å². The van der Waals surface area contributed by atoms with E-state index in [0.29, 0.717) is 11.8 Å². The third-order valence-corrected chi connectivity index (χ3v) is 4.54. The Morgan fingerprint density at radius 2 is 1.94 bits per heavy atom. The van der Waals surface area contributed by atoms with Crippen LogP contribution in [0.2, 0.25) is 0 Å². The Morgan fingerprint density at radius 3 is 2.44 bits per heavy atom. The van der Waals surface area contributed by atoms with Crippen molar-refractivity contribution in [3.63, 3.8) is 0 Å². The highest BCUT2D eigenvalue weighted by atomic mass is 32.1. The summed E-state index contributed by atoms with van der Waals surface area (Å²) in [5.74, 6) is 0.413. The van der Waals surface area contributed by atoms with Crippen molar-refractivity contribution in [2.45, 2.75) is 45.6 Å². The average molecular weight is 238 g/mol. The molecule has 0 spiro atoms. The van der Waals surface area contributed by atoms with E-state index in [2.05, 4.69) is 23.9 Å². The number of rotatable bonds is 2. The predicted octanol–water partition coefficient (Wildman–Crippen LogP) is 2.71. The van der Waals surface area contributed by atoms with Crippen LogP contribution in [0, 0.1) is 13.8 Å². The highest BCUT2D eigenvalue weighted by Crippen LogP contribution is 2.29. The number of carbonyl (C=O) groups is 1. The topological polar surface area (TPSA) is 33.2 Å². The molecule has 1 aromatic rings. The van der Waals surface area contributed by atoms with E-state index in [4.69, 9.17) is 0 Å². The average Bonchev–Trinajstić information content (AvgIpc) is 2.59. The van der Waals surface area contributed by atoms with E-state index in [1.165, 1.54) is 4.88 Å². The minimum atomic E-state index is 0.413. The number of thiazole rings is 1. The summed E-state index contributed by atoms with van der Waals surface area (Å²) in [6.45, 7) is 4.16. The van der Waals surface area contributed by atoms with Crippen molar-refractivity contribution in [3.8, 4) is 0 Å². The Hall–Kier alpha value is -0.900. The van der Waals surface area contributed by atoms with Crippen LogP contribution >= 0.6 is 11.3 Å². The Labute approximate surface area is 100 Å². The fourth-order valence-electron chi connectivity index (χ4n) is 2.07. The van der Waals surface area contributed by atoms with Gasteiger partial charge < -0.3 is 4.90 Å². The smallest absolute Gasteiger partial charge is 0.185 e. The van der Waals surface area contributed by atoms with Gasteiger partial charge in [-0.15, -0.1) is 11.3 Å². The summed E-state index contributed by atoms with van der Waals surface area (Å²) in [5, 5.41) is 1.09. The first-order valence-electron chi connectivity index (χ1n) is 5.76. The van der Waals surface area contributed by atoms with E-state index in [9.17, 15) is 4.79 Å². The van der Waals surface area contributed by atoms with Gasteiger partial charge in [0.05, 0.1) is 5.69 Å². The van der Waals surface area contributed by atoms with Gasteiger partial charge in [-0.2, -0.15) is 0 Å². The van der Waals surface area contributed by atoms with E-state index in [0.717, 1.165) is 36.5 Å². The first-order chi connectivity index (χ1) is 7.58. The van der Waals surface area contributed by atoms with Gasteiger partial charge in [0.15, 0.2) is 5.13 Å². The Balaban J connectivity index is 2.07. The number of carbonyl (C=O) groups excluding carboxylic acids is 1. The van der Waals surface area contributed by atoms with Gasteiger partial charge in [0.1, 0.15) is 5.78 Å². The number of ketones is 1. The molecule has 0 unspecified atom stereocenters. The van der Waals surface area contributed by atoms with Gasteiger partial charge in [-0.1, -0.05) is 0 Å². The Bertz CT molecular complexity index is 370. The van der Waals surface area contributed by atoms with Crippen molar-refractivity contribution >= 4 is 22.3 Å². The normalized spacial score (nSPS) is 17.8. The molecule has 3 nitrogen and oxygen atoms in total. The third-order valence-electron chi connectivity index (χ3n) is 3.38. The molecule has 1 aliphatic carbocycles. The van der Waals surface area contributed by atoms with Crippen molar-refractivity contribution in [1.82, 2.24) is 4.98 Å². The summed E-state index contributed by atoms with van der Waals surface area (Å²) < 4.78 is 0. The summed E-state index contributed by atoms with van der Waals surface area (Å²) in [4.78, 5) is 19.3. The van der Waals surface area contributed by atoms with E-state index >= 15 is 0 Å². The second-order valence-corrected chi connectivity index (χ2v) is 5.70. The zero-order chi connectivity index (χ0) is 11.7. The zero-order valence-corrected chi connectivity index (χ0v) is 10.9. The lowest BCUT2D eigenvalue weighted by atomic mass is 9.94. The zero-order valence-electron chi connectivity index (χ0n) is 10.1. The van der Waals surface area contributed by atoms with Crippen molar-refractivity contribution in [1.29, 1.82) is 0 Å². The molecule has 4 heteroatoms. The van der Waals surface area contributed by atoms with Gasteiger partial charge in [0.25, 0.3) is 0 Å². The maximum absolute atomic E-state index is 11.2. The van der Waals surface area contributed by atoms with Crippen molar-refractivity contribution in [2.24, 2.45) is 0 Å². The third kappa shape index (κ3) is 2.26. The molecule has 16 heavy (non-hydrogen) atoms. The molecule has 0 saturated heterocycles. The number of nitrogens with zero attached hydrogens (tertiary/aromatic N) is 2. The van der Waals surface area contributed by atoms with Gasteiger partial charge in [-0.3, -0.25) is 4.79 Å². The standard InChI is InChI=1S/C12H18N2OS/c1-8-9(2)16-12(13-8)14(3)10-4-6-11(15)7-5-10/h10H,4-7H2,1-3H3. The molecule has 0 amide bonds. The lowest BCUT2D eigenvalue weighted by Crippen LogP contribution is -2.35. The van der Waals surface area contributed by atoms with E-state index in [1.807, 2.05) is 6.92 Å². The maximum atomic E-state index is 11.2. The number of Topliss-reactive ketones (excluding diaryl/α,β-unsaturated/α-hetero) is 1. The number of aromatic nitrogens is 1. The summed E-state index contributed by atoms with van der Waals surface area (Å²) in [6.07, 6.45) is 3.43. The fourth-order valence-corrected chi connectivity index (χ4v) is 3.02. The molecule has 88 valence electrons. The lowest BCUT2D eigenvalue weighted by Gasteiger charge is -2.30. The van der Waals surface area contributed by atoms with Crippen LogP contribution in [0.5, 0.6) is 0 Å². The molecule has 2 rings (SSSR count). The monoisotopic (exact) mass is 238 g/mol. The number of aryl methyl sites for hydroxylation is 2. The summed E-state index contributed by atoms with van der Waals surface area (Å²) in [6, 6.07) is 0.489. The largest absolute Gasteiger partial charge is 0.348 e. The first-order valence-corrected chi connectivity index (χ1v) is 6.58. The molecule has 1 heterocycles. The minimum Gasteiger partial charge on any atom is -0.348 e. The summed E-state index contributed by atoms with van der Waals surface area (Å²) >= 11 is 1.75. The van der Waals surface area contributed by atoms with Crippen LogP contribution in [0.15, 0.2) is 0 Å². The second kappa shape index (κ2) is 4.53. The van der Waals surface area contributed by atoms with Gasteiger partial charge in [0, 0.05) is 30.8 Å². The van der Waals surface area contributed by atoms with Crippen LogP contribution in [0.4, 0.5) is 5.13 Å². The molecule has 1 fully saturated rings. The van der Waals surface area contributed by atoms with E-state index in [-0.39, 0.29) is 0 Å². The first kappa shape index (κ1) is 11.6. The highest BCUT2D eigenvalue weighted by Gasteiger charge is 2.24. The van der Waals surface area contributed by atoms with Crippen molar-refractivity contribution in [3.05, 3.63) is 10.6 Å². The Kier molecular flexibility index (Phi) is 3.28. The SMILES string of the molecule is Cc1nc(N(C)C2CCC(=O)CC2)sc1C. The van der Waals surface area contributed by atoms with Crippen molar-refractivity contribution < 1.29 is 4.79 Å². The molecule has 0 atom stereocenters. The van der Waals surface area contributed by atoms with Crippen LogP contribution < -0.4 is 4.90 Å². The number of hydrogen-bond acceptors (Lipinski definition) is 4. The van der Waals surface area contributed by atoms with Crippen LogP contribution in [0.3, 0.4) is 0 Å². The minimum absolute atomic E-state index is 0.413. The van der Waals surface area contributed by atoms with Gasteiger partial charge in [-0.05, 0) is 26.7 Å². The molecule has 1 aromatic heterocycles.